The van der Waals surface area contributed by atoms with E-state index in [1.54, 1.807) is 0 Å². The molecule has 0 aliphatic heterocycles. The Kier molecular flexibility index (Phi) is 3.63. The average molecular weight is 260 g/mol. The van der Waals surface area contributed by atoms with E-state index in [0.717, 1.165) is 32.5 Å². The molecule has 2 fully saturated rings. The number of rotatable bonds is 7. The average Bonchev–Trinajstić information content (AvgIpc) is 3.16. The van der Waals surface area contributed by atoms with E-state index in [9.17, 15) is 13.6 Å². The molecule has 104 valence electrons. The van der Waals surface area contributed by atoms with Gasteiger partial charge in [0.1, 0.15) is 0 Å². The van der Waals surface area contributed by atoms with Crippen molar-refractivity contribution < 1.29 is 13.6 Å². The number of likely N-dealkylation sites (N-methyl/N-ethyl adjacent to an activating group) is 1. The van der Waals surface area contributed by atoms with Crippen molar-refractivity contribution in [3.8, 4) is 0 Å². The second kappa shape index (κ2) is 4.76. The molecule has 5 heteroatoms. The van der Waals surface area contributed by atoms with Gasteiger partial charge in [0, 0.05) is 25.3 Å². The van der Waals surface area contributed by atoms with Crippen LogP contribution in [-0.2, 0) is 4.79 Å². The predicted molar refractivity (Wildman–Crippen MR) is 65.6 cm³/mol. The predicted octanol–water partition coefficient (Wildman–Crippen LogP) is 2.02. The van der Waals surface area contributed by atoms with Crippen LogP contribution in [0.25, 0.3) is 0 Å². The Morgan fingerprint density at radius 2 is 1.89 bits per heavy atom. The molecule has 0 radical (unpaired) electrons. The zero-order valence-electron chi connectivity index (χ0n) is 11.1. The fourth-order valence-electron chi connectivity index (χ4n) is 2.41. The lowest BCUT2D eigenvalue weighted by Crippen LogP contribution is -2.46. The summed E-state index contributed by atoms with van der Waals surface area (Å²) in [5, 5.41) is 2.96. The number of amides is 1. The summed E-state index contributed by atoms with van der Waals surface area (Å²) < 4.78 is 25.5. The minimum atomic E-state index is -2.59. The monoisotopic (exact) mass is 260 g/mol. The van der Waals surface area contributed by atoms with Crippen LogP contribution in [0.4, 0.5) is 8.78 Å². The van der Waals surface area contributed by atoms with Crippen molar-refractivity contribution in [1.29, 1.82) is 0 Å². The summed E-state index contributed by atoms with van der Waals surface area (Å²) in [6.07, 6.45) is 1.79. The molecular weight excluding hydrogens is 238 g/mol. The molecule has 0 saturated heterocycles. The van der Waals surface area contributed by atoms with Crippen LogP contribution >= 0.6 is 0 Å². The highest BCUT2D eigenvalue weighted by atomic mass is 19.3. The molecule has 2 aliphatic carbocycles. The summed E-state index contributed by atoms with van der Waals surface area (Å²) in [6, 6.07) is 0. The molecule has 0 aromatic carbocycles. The lowest BCUT2D eigenvalue weighted by atomic mass is 10.2. The molecule has 1 amide bonds. The Bertz CT molecular complexity index is 325. The molecule has 0 aromatic heterocycles. The zero-order valence-corrected chi connectivity index (χ0v) is 11.1. The van der Waals surface area contributed by atoms with Crippen LogP contribution < -0.4 is 5.32 Å². The van der Waals surface area contributed by atoms with Gasteiger partial charge in [-0.15, -0.1) is 0 Å². The highest BCUT2D eigenvalue weighted by Crippen LogP contribution is 2.50. The lowest BCUT2D eigenvalue weighted by molar-refractivity contribution is -0.123. The van der Waals surface area contributed by atoms with E-state index in [4.69, 9.17) is 0 Å². The molecule has 0 aromatic rings. The molecular formula is C13H22F2N2O. The number of hydrogen-bond donors (Lipinski definition) is 1. The molecule has 0 spiro atoms. The van der Waals surface area contributed by atoms with Gasteiger partial charge in [-0.3, -0.25) is 4.79 Å². The standard InChI is InChI=1S/C13H22F2N2O/c1-3-17(4-2)9-12(5-6-12)16-11(18)7-10-8-13(10,14)15/h10H,3-9H2,1-2H3,(H,16,18). The summed E-state index contributed by atoms with van der Waals surface area (Å²) in [5.41, 5.74) is -0.132. The number of hydrogen-bond acceptors (Lipinski definition) is 2. The quantitative estimate of drug-likeness (QED) is 0.759. The van der Waals surface area contributed by atoms with Crippen LogP contribution in [0.1, 0.15) is 39.5 Å². The van der Waals surface area contributed by atoms with Gasteiger partial charge in [0.15, 0.2) is 0 Å². The minimum Gasteiger partial charge on any atom is -0.349 e. The normalized spacial score (nSPS) is 27.1. The first-order valence-corrected chi connectivity index (χ1v) is 6.82. The van der Waals surface area contributed by atoms with Crippen LogP contribution in [-0.4, -0.2) is 41.9 Å². The maximum atomic E-state index is 12.7. The lowest BCUT2D eigenvalue weighted by Gasteiger charge is -2.26. The number of halogens is 2. The molecule has 0 bridgehead atoms. The number of nitrogens with zero attached hydrogens (tertiary/aromatic N) is 1. The third-order valence-corrected chi connectivity index (χ3v) is 4.07. The number of nitrogens with one attached hydrogen (secondary N) is 1. The molecule has 1 unspecified atom stereocenters. The van der Waals surface area contributed by atoms with Gasteiger partial charge in [0.2, 0.25) is 5.91 Å². The first-order chi connectivity index (χ1) is 8.41. The number of carbonyl (C=O) groups excluding carboxylic acids is 1. The summed E-state index contributed by atoms with van der Waals surface area (Å²) in [4.78, 5) is 14.0. The van der Waals surface area contributed by atoms with Crippen molar-refractivity contribution in [2.75, 3.05) is 19.6 Å². The maximum absolute atomic E-state index is 12.7. The van der Waals surface area contributed by atoms with Gasteiger partial charge in [-0.25, -0.2) is 8.78 Å². The third kappa shape index (κ3) is 3.19. The molecule has 0 heterocycles. The molecule has 1 N–H and O–H groups in total. The molecule has 3 nitrogen and oxygen atoms in total. The Hall–Kier alpha value is -0.710. The van der Waals surface area contributed by atoms with Crippen molar-refractivity contribution in [2.24, 2.45) is 5.92 Å². The Balaban J connectivity index is 1.76. The van der Waals surface area contributed by atoms with Crippen molar-refractivity contribution in [3.63, 3.8) is 0 Å². The van der Waals surface area contributed by atoms with Crippen molar-refractivity contribution in [3.05, 3.63) is 0 Å². The van der Waals surface area contributed by atoms with Gasteiger partial charge in [-0.2, -0.15) is 0 Å². The van der Waals surface area contributed by atoms with Gasteiger partial charge >= 0.3 is 0 Å². The fraction of sp³-hybridized carbons (Fsp3) is 0.923. The fourth-order valence-corrected chi connectivity index (χ4v) is 2.41. The number of alkyl halides is 2. The molecule has 2 saturated carbocycles. The Morgan fingerprint density at radius 1 is 1.33 bits per heavy atom. The van der Waals surface area contributed by atoms with E-state index in [2.05, 4.69) is 24.1 Å². The van der Waals surface area contributed by atoms with E-state index in [1.807, 2.05) is 0 Å². The van der Waals surface area contributed by atoms with Gasteiger partial charge in [-0.1, -0.05) is 13.8 Å². The van der Waals surface area contributed by atoms with Crippen LogP contribution in [0.15, 0.2) is 0 Å². The van der Waals surface area contributed by atoms with Crippen LogP contribution in [0.3, 0.4) is 0 Å². The maximum Gasteiger partial charge on any atom is 0.252 e. The van der Waals surface area contributed by atoms with Gasteiger partial charge < -0.3 is 10.2 Å². The summed E-state index contributed by atoms with van der Waals surface area (Å²) in [7, 11) is 0. The first kappa shape index (κ1) is 13.7. The zero-order chi connectivity index (χ0) is 13.4. The topological polar surface area (TPSA) is 32.3 Å². The van der Waals surface area contributed by atoms with Crippen molar-refractivity contribution in [1.82, 2.24) is 10.2 Å². The second-order valence-corrected chi connectivity index (χ2v) is 5.66. The minimum absolute atomic E-state index is 0.0208. The summed E-state index contributed by atoms with van der Waals surface area (Å²) >= 11 is 0. The first-order valence-electron chi connectivity index (χ1n) is 6.82. The van der Waals surface area contributed by atoms with Gasteiger partial charge in [0.25, 0.3) is 5.92 Å². The molecule has 2 rings (SSSR count). The van der Waals surface area contributed by atoms with Crippen LogP contribution in [0, 0.1) is 5.92 Å². The molecule has 18 heavy (non-hydrogen) atoms. The van der Waals surface area contributed by atoms with E-state index in [-0.39, 0.29) is 24.3 Å². The summed E-state index contributed by atoms with van der Waals surface area (Å²) in [6.45, 7) is 6.93. The van der Waals surface area contributed by atoms with Gasteiger partial charge in [0.05, 0.1) is 5.54 Å². The van der Waals surface area contributed by atoms with E-state index in [0.29, 0.717) is 0 Å². The van der Waals surface area contributed by atoms with Crippen LogP contribution in [0.5, 0.6) is 0 Å². The SMILES string of the molecule is CCN(CC)CC1(NC(=O)CC2CC2(F)F)CC1. The van der Waals surface area contributed by atoms with E-state index >= 15 is 0 Å². The van der Waals surface area contributed by atoms with E-state index < -0.39 is 11.8 Å². The highest BCUT2D eigenvalue weighted by Gasteiger charge is 2.57. The smallest absolute Gasteiger partial charge is 0.252 e. The largest absolute Gasteiger partial charge is 0.349 e. The molecule has 2 aliphatic rings. The van der Waals surface area contributed by atoms with Crippen molar-refractivity contribution in [2.45, 2.75) is 51.0 Å². The molecule has 1 atom stereocenters. The number of carbonyl (C=O) groups is 1. The Morgan fingerprint density at radius 3 is 2.28 bits per heavy atom. The van der Waals surface area contributed by atoms with Crippen molar-refractivity contribution >= 4 is 5.91 Å². The Labute approximate surface area is 107 Å². The van der Waals surface area contributed by atoms with Crippen LogP contribution in [0.2, 0.25) is 0 Å². The highest BCUT2D eigenvalue weighted by molar-refractivity contribution is 5.78. The summed E-state index contributed by atoms with van der Waals surface area (Å²) in [5.74, 6) is -3.52. The van der Waals surface area contributed by atoms with E-state index in [1.165, 1.54) is 0 Å². The second-order valence-electron chi connectivity index (χ2n) is 5.66. The third-order valence-electron chi connectivity index (χ3n) is 4.07. The van der Waals surface area contributed by atoms with Gasteiger partial charge in [-0.05, 0) is 25.9 Å².